The predicted molar refractivity (Wildman–Crippen MR) is 121 cm³/mol. The van der Waals surface area contributed by atoms with Crippen molar-refractivity contribution in [1.29, 1.82) is 0 Å². The van der Waals surface area contributed by atoms with Crippen LogP contribution in [0, 0.1) is 5.41 Å². The summed E-state index contributed by atoms with van der Waals surface area (Å²) in [4.78, 5) is 7.23. The van der Waals surface area contributed by atoms with Gasteiger partial charge in [-0.15, -0.1) is 24.0 Å². The van der Waals surface area contributed by atoms with Crippen molar-refractivity contribution in [1.82, 2.24) is 10.2 Å². The summed E-state index contributed by atoms with van der Waals surface area (Å²) in [5.74, 6) is 1.06. The quantitative estimate of drug-likeness (QED) is 0.265. The van der Waals surface area contributed by atoms with Gasteiger partial charge in [-0.3, -0.25) is 4.99 Å². The van der Waals surface area contributed by atoms with Crippen molar-refractivity contribution in [3.63, 3.8) is 0 Å². The van der Waals surface area contributed by atoms with Gasteiger partial charge in [0.15, 0.2) is 5.96 Å². The molecule has 0 aromatic heterocycles. The van der Waals surface area contributed by atoms with Crippen LogP contribution in [0.2, 0.25) is 0 Å². The molecule has 1 aromatic rings. The van der Waals surface area contributed by atoms with E-state index < -0.39 is 0 Å². The highest BCUT2D eigenvalue weighted by molar-refractivity contribution is 14.0. The van der Waals surface area contributed by atoms with Crippen LogP contribution in [0.3, 0.4) is 0 Å². The van der Waals surface area contributed by atoms with Crippen LogP contribution in [0.1, 0.15) is 31.7 Å². The largest absolute Gasteiger partial charge is 0.381 e. The van der Waals surface area contributed by atoms with E-state index in [4.69, 9.17) is 14.5 Å². The van der Waals surface area contributed by atoms with Gasteiger partial charge in [0.2, 0.25) is 0 Å². The number of benzene rings is 1. The van der Waals surface area contributed by atoms with E-state index in [-0.39, 0.29) is 24.0 Å². The zero-order valence-electron chi connectivity index (χ0n) is 16.5. The van der Waals surface area contributed by atoms with Gasteiger partial charge in [0.05, 0.1) is 13.2 Å². The summed E-state index contributed by atoms with van der Waals surface area (Å²) in [6.07, 6.45) is 4.36. The molecule has 3 rings (SSSR count). The number of nitrogens with one attached hydrogen (secondary N) is 1. The summed E-state index contributed by atoms with van der Waals surface area (Å²) >= 11 is 0. The lowest BCUT2D eigenvalue weighted by Crippen LogP contribution is -2.41. The van der Waals surface area contributed by atoms with Crippen LogP contribution < -0.4 is 5.32 Å². The van der Waals surface area contributed by atoms with Gasteiger partial charge < -0.3 is 19.7 Å². The highest BCUT2D eigenvalue weighted by atomic mass is 127. The number of rotatable bonds is 8. The molecule has 0 saturated carbocycles. The minimum absolute atomic E-state index is 0. The van der Waals surface area contributed by atoms with Gasteiger partial charge in [-0.05, 0) is 38.2 Å². The summed E-state index contributed by atoms with van der Waals surface area (Å²) in [5.41, 5.74) is 1.70. The van der Waals surface area contributed by atoms with Crippen LogP contribution in [0.15, 0.2) is 35.3 Å². The molecule has 27 heavy (non-hydrogen) atoms. The number of hydrogen-bond acceptors (Lipinski definition) is 3. The molecule has 2 fully saturated rings. The molecule has 0 radical (unpaired) electrons. The lowest BCUT2D eigenvalue weighted by molar-refractivity contribution is 0.136. The van der Waals surface area contributed by atoms with E-state index in [1.165, 1.54) is 18.4 Å². The maximum atomic E-state index is 5.76. The second kappa shape index (κ2) is 11.9. The molecule has 1 spiro atoms. The molecule has 5 nitrogen and oxygen atoms in total. The molecule has 1 unspecified atom stereocenters. The van der Waals surface area contributed by atoms with Crippen molar-refractivity contribution in [3.05, 3.63) is 35.9 Å². The Morgan fingerprint density at radius 3 is 2.85 bits per heavy atom. The predicted octanol–water partition coefficient (Wildman–Crippen LogP) is 3.33. The van der Waals surface area contributed by atoms with Gasteiger partial charge in [-0.2, -0.15) is 0 Å². The van der Waals surface area contributed by atoms with E-state index in [1.807, 2.05) is 6.07 Å². The average molecular weight is 487 g/mol. The molecular weight excluding hydrogens is 453 g/mol. The Hall–Kier alpha value is -0.860. The number of guanidine groups is 1. The van der Waals surface area contributed by atoms with Crippen molar-refractivity contribution in [3.8, 4) is 0 Å². The Bertz CT molecular complexity index is 562. The maximum Gasteiger partial charge on any atom is 0.193 e. The van der Waals surface area contributed by atoms with Crippen molar-refractivity contribution in [2.75, 3.05) is 52.6 Å². The van der Waals surface area contributed by atoms with E-state index in [1.54, 1.807) is 0 Å². The number of halogens is 1. The molecule has 2 saturated heterocycles. The van der Waals surface area contributed by atoms with Crippen LogP contribution in [-0.4, -0.2) is 63.5 Å². The third kappa shape index (κ3) is 6.91. The third-order valence-electron chi connectivity index (χ3n) is 5.34. The summed E-state index contributed by atoms with van der Waals surface area (Å²) in [5, 5.41) is 3.45. The number of hydrogen-bond donors (Lipinski definition) is 1. The highest BCUT2D eigenvalue weighted by Gasteiger charge is 2.42. The Morgan fingerprint density at radius 1 is 1.26 bits per heavy atom. The van der Waals surface area contributed by atoms with Gasteiger partial charge in [0.1, 0.15) is 0 Å². The minimum atomic E-state index is 0. The first kappa shape index (κ1) is 22.4. The number of likely N-dealkylation sites (tertiary alicyclic amines) is 1. The van der Waals surface area contributed by atoms with Crippen LogP contribution in [0.5, 0.6) is 0 Å². The summed E-state index contributed by atoms with van der Waals surface area (Å²) in [6.45, 7) is 9.40. The first-order valence-corrected chi connectivity index (χ1v) is 10.0. The topological polar surface area (TPSA) is 46.1 Å². The molecule has 152 valence electrons. The molecule has 2 aliphatic rings. The summed E-state index contributed by atoms with van der Waals surface area (Å²) in [6, 6.07) is 10.5. The lowest BCUT2D eigenvalue weighted by atomic mass is 9.87. The molecule has 1 atom stereocenters. The zero-order valence-corrected chi connectivity index (χ0v) is 18.8. The summed E-state index contributed by atoms with van der Waals surface area (Å²) < 4.78 is 11.4. The second-order valence-corrected chi connectivity index (χ2v) is 7.41. The van der Waals surface area contributed by atoms with Gasteiger partial charge in [0.25, 0.3) is 0 Å². The van der Waals surface area contributed by atoms with Crippen molar-refractivity contribution in [2.24, 2.45) is 10.4 Å². The second-order valence-electron chi connectivity index (χ2n) is 7.41. The van der Waals surface area contributed by atoms with E-state index >= 15 is 0 Å². The van der Waals surface area contributed by atoms with E-state index in [2.05, 4.69) is 41.4 Å². The van der Waals surface area contributed by atoms with Crippen LogP contribution in [0.4, 0.5) is 0 Å². The SMILES string of the molecule is CCNC(=NCCCOCCc1ccccc1)N1CCC2(CCOC2)C1.I. The molecule has 6 heteroatoms. The smallest absolute Gasteiger partial charge is 0.193 e. The molecule has 0 amide bonds. The Morgan fingerprint density at radius 2 is 2.11 bits per heavy atom. The fourth-order valence-electron chi connectivity index (χ4n) is 3.80. The lowest BCUT2D eigenvalue weighted by Gasteiger charge is -2.25. The van der Waals surface area contributed by atoms with Gasteiger partial charge in [-0.1, -0.05) is 30.3 Å². The van der Waals surface area contributed by atoms with Crippen LogP contribution in [0.25, 0.3) is 0 Å². The number of aliphatic imine (C=N–C) groups is 1. The van der Waals surface area contributed by atoms with Crippen LogP contribution >= 0.6 is 24.0 Å². The fourth-order valence-corrected chi connectivity index (χ4v) is 3.80. The first-order valence-electron chi connectivity index (χ1n) is 10.0. The average Bonchev–Trinajstić information content (AvgIpc) is 3.31. The first-order chi connectivity index (χ1) is 12.8. The molecule has 0 aliphatic carbocycles. The van der Waals surface area contributed by atoms with Gasteiger partial charge in [-0.25, -0.2) is 0 Å². The summed E-state index contributed by atoms with van der Waals surface area (Å²) in [7, 11) is 0. The van der Waals surface area contributed by atoms with Crippen molar-refractivity contribution in [2.45, 2.75) is 32.6 Å². The normalized spacial score (nSPS) is 22.3. The standard InChI is InChI=1S/C21H33N3O2.HI/c1-2-22-20(24-13-10-21(17-24)11-16-26-18-21)23-12-6-14-25-15-9-19-7-4-3-5-8-19;/h3-5,7-8H,2,6,9-18H2,1H3,(H,22,23);1H. The number of nitrogens with zero attached hydrogens (tertiary/aromatic N) is 2. The van der Waals surface area contributed by atoms with Gasteiger partial charge in [0, 0.05) is 44.8 Å². The Labute approximate surface area is 180 Å². The molecule has 1 aromatic carbocycles. The molecule has 0 bridgehead atoms. The van der Waals surface area contributed by atoms with Crippen LogP contribution in [-0.2, 0) is 15.9 Å². The van der Waals surface area contributed by atoms with E-state index in [9.17, 15) is 0 Å². The van der Waals surface area contributed by atoms with E-state index in [0.717, 1.165) is 71.4 Å². The monoisotopic (exact) mass is 487 g/mol. The third-order valence-corrected chi connectivity index (χ3v) is 5.34. The van der Waals surface area contributed by atoms with Crippen molar-refractivity contribution < 1.29 is 9.47 Å². The van der Waals surface area contributed by atoms with E-state index in [0.29, 0.717) is 5.41 Å². The molecule has 2 heterocycles. The molecular formula is C21H34IN3O2. The molecule has 1 N–H and O–H groups in total. The number of ether oxygens (including phenoxy) is 2. The van der Waals surface area contributed by atoms with Gasteiger partial charge >= 0.3 is 0 Å². The Kier molecular flexibility index (Phi) is 9.86. The maximum absolute atomic E-state index is 5.76. The fraction of sp³-hybridized carbons (Fsp3) is 0.667. The zero-order chi connectivity index (χ0) is 18.1. The van der Waals surface area contributed by atoms with Crippen molar-refractivity contribution >= 4 is 29.9 Å². The minimum Gasteiger partial charge on any atom is -0.381 e. The molecule has 2 aliphatic heterocycles. The Balaban J connectivity index is 0.00000261. The highest BCUT2D eigenvalue weighted by Crippen LogP contribution is 2.38.